The molecule has 2 aromatic carbocycles. The number of benzene rings is 2. The number of rotatable bonds is 7. The highest BCUT2D eigenvalue weighted by Gasteiger charge is 2.42. The molecule has 150 valence electrons. The quantitative estimate of drug-likeness (QED) is 0.567. The molecule has 1 heterocycles. The van der Waals surface area contributed by atoms with Crippen molar-refractivity contribution in [1.29, 1.82) is 0 Å². The molecule has 0 bridgehead atoms. The summed E-state index contributed by atoms with van der Waals surface area (Å²) in [6.45, 7) is 1.95. The molecule has 1 aliphatic heterocycles. The Hall–Kier alpha value is -3.88. The van der Waals surface area contributed by atoms with Crippen molar-refractivity contribution in [3.63, 3.8) is 0 Å². The second kappa shape index (κ2) is 8.42. The lowest BCUT2D eigenvalue weighted by atomic mass is 10.3. The number of carbonyl (C=O) groups excluding carboxylic acids is 4. The molecule has 9 nitrogen and oxygen atoms in total. The molecule has 0 spiro atoms. The van der Waals surface area contributed by atoms with Crippen LogP contribution in [0.1, 0.15) is 6.92 Å². The third-order valence-corrected chi connectivity index (χ3v) is 4.06. The molecule has 0 aromatic heterocycles. The molecule has 0 aliphatic carbocycles. The fourth-order valence-corrected chi connectivity index (χ4v) is 2.61. The minimum atomic E-state index is -1.02. The lowest BCUT2D eigenvalue weighted by Gasteiger charge is -2.13. The van der Waals surface area contributed by atoms with Gasteiger partial charge in [0.15, 0.2) is 0 Å². The number of urea groups is 1. The van der Waals surface area contributed by atoms with E-state index in [2.05, 4.69) is 5.32 Å². The molecule has 29 heavy (non-hydrogen) atoms. The number of nitrogens with one attached hydrogen (secondary N) is 1. The first-order valence-electron chi connectivity index (χ1n) is 8.83. The lowest BCUT2D eigenvalue weighted by molar-refractivity contribution is -0.143. The van der Waals surface area contributed by atoms with E-state index in [1.165, 1.54) is 7.05 Å². The van der Waals surface area contributed by atoms with Gasteiger partial charge in [0.1, 0.15) is 23.8 Å². The molecule has 1 saturated heterocycles. The van der Waals surface area contributed by atoms with Gasteiger partial charge in [-0.3, -0.25) is 19.3 Å². The van der Waals surface area contributed by atoms with Crippen LogP contribution in [-0.2, 0) is 14.4 Å². The number of imide groups is 2. The summed E-state index contributed by atoms with van der Waals surface area (Å²) in [5.41, 5.74) is 0.452. The van der Waals surface area contributed by atoms with E-state index in [-0.39, 0.29) is 0 Å². The third kappa shape index (κ3) is 4.52. The molecular weight excluding hydrogens is 378 g/mol. The minimum Gasteiger partial charge on any atom is -0.494 e. The third-order valence-electron chi connectivity index (χ3n) is 4.06. The lowest BCUT2D eigenvalue weighted by Crippen LogP contribution is -2.38. The predicted octanol–water partition coefficient (Wildman–Crippen LogP) is 2.24. The first kappa shape index (κ1) is 19.9. The SMILES string of the molecule is CCOc1ccc(Oc2ccc(NC(=O)CN3C(=O)C(=O)N(C)C3=O)cc2)cc1. The highest BCUT2D eigenvalue weighted by Crippen LogP contribution is 2.25. The van der Waals surface area contributed by atoms with Gasteiger partial charge < -0.3 is 14.8 Å². The number of nitrogens with zero attached hydrogens (tertiary/aromatic N) is 2. The van der Waals surface area contributed by atoms with Crippen molar-refractivity contribution < 1.29 is 28.7 Å². The number of hydrogen-bond donors (Lipinski definition) is 1. The summed E-state index contributed by atoms with van der Waals surface area (Å²) in [5.74, 6) is -0.643. The second-order valence-corrected chi connectivity index (χ2v) is 6.12. The standard InChI is InChI=1S/C20H19N3O6/c1-3-28-14-8-10-16(11-9-14)29-15-6-4-13(5-7-15)21-17(24)12-23-19(26)18(25)22(2)20(23)27/h4-11H,3,12H2,1-2H3,(H,21,24). The van der Waals surface area contributed by atoms with Crippen molar-refractivity contribution in [3.05, 3.63) is 48.5 Å². The molecule has 0 atom stereocenters. The van der Waals surface area contributed by atoms with Crippen LogP contribution in [-0.4, -0.2) is 53.8 Å². The van der Waals surface area contributed by atoms with Crippen LogP contribution in [0.5, 0.6) is 17.2 Å². The predicted molar refractivity (Wildman–Crippen MR) is 103 cm³/mol. The van der Waals surface area contributed by atoms with Gasteiger partial charge in [0.25, 0.3) is 0 Å². The molecule has 1 fully saturated rings. The smallest absolute Gasteiger partial charge is 0.334 e. The Morgan fingerprint density at radius 3 is 1.97 bits per heavy atom. The van der Waals surface area contributed by atoms with E-state index in [0.717, 1.165) is 5.75 Å². The summed E-state index contributed by atoms with van der Waals surface area (Å²) >= 11 is 0. The zero-order valence-electron chi connectivity index (χ0n) is 15.9. The van der Waals surface area contributed by atoms with Crippen LogP contribution in [0.2, 0.25) is 0 Å². The zero-order chi connectivity index (χ0) is 21.0. The second-order valence-electron chi connectivity index (χ2n) is 6.12. The van der Waals surface area contributed by atoms with E-state index in [1.807, 2.05) is 6.92 Å². The molecular formula is C20H19N3O6. The Bertz CT molecular complexity index is 940. The van der Waals surface area contributed by atoms with Gasteiger partial charge in [-0.15, -0.1) is 0 Å². The minimum absolute atomic E-state index is 0.452. The van der Waals surface area contributed by atoms with Crippen LogP contribution >= 0.6 is 0 Å². The molecule has 0 unspecified atom stereocenters. The van der Waals surface area contributed by atoms with Crippen molar-refractivity contribution in [1.82, 2.24) is 9.80 Å². The Morgan fingerprint density at radius 1 is 0.897 bits per heavy atom. The zero-order valence-corrected chi connectivity index (χ0v) is 15.9. The summed E-state index contributed by atoms with van der Waals surface area (Å²) < 4.78 is 11.1. The monoisotopic (exact) mass is 397 g/mol. The molecule has 1 aliphatic rings. The number of likely N-dealkylation sites (N-methyl/N-ethyl adjacent to an activating group) is 1. The Kier molecular flexibility index (Phi) is 5.77. The largest absolute Gasteiger partial charge is 0.494 e. The Morgan fingerprint density at radius 2 is 1.45 bits per heavy atom. The molecule has 1 N–H and O–H groups in total. The van der Waals surface area contributed by atoms with Crippen LogP contribution in [0.25, 0.3) is 0 Å². The average Bonchev–Trinajstić information content (AvgIpc) is 2.89. The average molecular weight is 397 g/mol. The summed E-state index contributed by atoms with van der Waals surface area (Å²) in [4.78, 5) is 48.3. The van der Waals surface area contributed by atoms with E-state index in [0.29, 0.717) is 33.6 Å². The maximum atomic E-state index is 12.1. The van der Waals surface area contributed by atoms with Crippen LogP contribution in [0.15, 0.2) is 48.5 Å². The van der Waals surface area contributed by atoms with E-state index in [1.54, 1.807) is 48.5 Å². The fourth-order valence-electron chi connectivity index (χ4n) is 2.61. The maximum Gasteiger partial charge on any atom is 0.334 e. The summed E-state index contributed by atoms with van der Waals surface area (Å²) in [7, 11) is 1.18. The van der Waals surface area contributed by atoms with Crippen molar-refractivity contribution in [2.24, 2.45) is 0 Å². The van der Waals surface area contributed by atoms with Crippen LogP contribution in [0.4, 0.5) is 10.5 Å². The van der Waals surface area contributed by atoms with Crippen molar-refractivity contribution in [2.75, 3.05) is 25.5 Å². The van der Waals surface area contributed by atoms with Gasteiger partial charge in [0, 0.05) is 12.7 Å². The van der Waals surface area contributed by atoms with Crippen molar-refractivity contribution >= 4 is 29.4 Å². The normalized spacial score (nSPS) is 13.7. The molecule has 2 aromatic rings. The van der Waals surface area contributed by atoms with Gasteiger partial charge in [0.05, 0.1) is 6.61 Å². The van der Waals surface area contributed by atoms with Gasteiger partial charge in [0.2, 0.25) is 5.91 Å². The van der Waals surface area contributed by atoms with E-state index >= 15 is 0 Å². The summed E-state index contributed by atoms with van der Waals surface area (Å²) in [5, 5.41) is 2.57. The summed E-state index contributed by atoms with van der Waals surface area (Å²) in [6.07, 6.45) is 0. The van der Waals surface area contributed by atoms with Crippen molar-refractivity contribution in [3.8, 4) is 17.2 Å². The van der Waals surface area contributed by atoms with Crippen LogP contribution in [0, 0.1) is 0 Å². The number of ether oxygens (including phenoxy) is 2. The van der Waals surface area contributed by atoms with Gasteiger partial charge in [-0.2, -0.15) is 0 Å². The van der Waals surface area contributed by atoms with Gasteiger partial charge in [-0.25, -0.2) is 9.69 Å². The topological polar surface area (TPSA) is 105 Å². The first-order chi connectivity index (χ1) is 13.9. The van der Waals surface area contributed by atoms with Gasteiger partial charge in [-0.1, -0.05) is 0 Å². The number of carbonyl (C=O) groups is 4. The van der Waals surface area contributed by atoms with Crippen molar-refractivity contribution in [2.45, 2.75) is 6.92 Å². The van der Waals surface area contributed by atoms with Gasteiger partial charge >= 0.3 is 17.8 Å². The van der Waals surface area contributed by atoms with Gasteiger partial charge in [-0.05, 0) is 55.5 Å². The molecule has 9 heteroatoms. The number of amides is 5. The maximum absolute atomic E-state index is 12.1. The van der Waals surface area contributed by atoms with Crippen LogP contribution in [0.3, 0.4) is 0 Å². The van der Waals surface area contributed by atoms with E-state index in [9.17, 15) is 19.2 Å². The molecule has 3 rings (SSSR count). The highest BCUT2D eigenvalue weighted by atomic mass is 16.5. The molecule has 0 radical (unpaired) electrons. The van der Waals surface area contributed by atoms with E-state index < -0.39 is 30.3 Å². The number of anilines is 1. The summed E-state index contributed by atoms with van der Waals surface area (Å²) in [6, 6.07) is 12.9. The fraction of sp³-hybridized carbons (Fsp3) is 0.200. The molecule has 0 saturated carbocycles. The van der Waals surface area contributed by atoms with E-state index in [4.69, 9.17) is 9.47 Å². The number of hydrogen-bond acceptors (Lipinski definition) is 6. The highest BCUT2D eigenvalue weighted by molar-refractivity contribution is 6.44. The Labute approximate surface area is 166 Å². The Balaban J connectivity index is 1.56. The van der Waals surface area contributed by atoms with Crippen LogP contribution < -0.4 is 14.8 Å². The molecule has 5 amide bonds. The first-order valence-corrected chi connectivity index (χ1v) is 8.83.